The second kappa shape index (κ2) is 5.73. The zero-order chi connectivity index (χ0) is 14.8. The first-order valence-corrected chi connectivity index (χ1v) is 7.01. The van der Waals surface area contributed by atoms with E-state index in [4.69, 9.17) is 9.47 Å². The van der Waals surface area contributed by atoms with Crippen LogP contribution in [0, 0.1) is 6.92 Å². The van der Waals surface area contributed by atoms with Crippen LogP contribution in [0.25, 0.3) is 0 Å². The van der Waals surface area contributed by atoms with Crippen molar-refractivity contribution in [1.29, 1.82) is 0 Å². The van der Waals surface area contributed by atoms with Crippen molar-refractivity contribution in [2.45, 2.75) is 44.4 Å². The van der Waals surface area contributed by atoms with Gasteiger partial charge in [-0.3, -0.25) is 4.79 Å². The van der Waals surface area contributed by atoms with Crippen LogP contribution < -0.4 is 9.47 Å². The van der Waals surface area contributed by atoms with E-state index in [2.05, 4.69) is 0 Å². The first-order valence-electron chi connectivity index (χ1n) is 7.01. The van der Waals surface area contributed by atoms with Gasteiger partial charge in [0, 0.05) is 5.56 Å². The predicted octanol–water partition coefficient (Wildman–Crippen LogP) is 3.30. The molecule has 20 heavy (non-hydrogen) atoms. The van der Waals surface area contributed by atoms with Gasteiger partial charge in [-0.25, -0.2) is 0 Å². The molecule has 4 heteroatoms. The summed E-state index contributed by atoms with van der Waals surface area (Å²) in [4.78, 5) is 11.9. The lowest BCUT2D eigenvalue weighted by atomic mass is 9.69. The molecule has 1 aliphatic rings. The zero-order valence-corrected chi connectivity index (χ0v) is 12.4. The molecule has 110 valence electrons. The number of methoxy groups -OCH3 is 2. The van der Waals surface area contributed by atoms with Gasteiger partial charge in [0.1, 0.15) is 11.5 Å². The van der Waals surface area contributed by atoms with Gasteiger partial charge >= 0.3 is 5.97 Å². The van der Waals surface area contributed by atoms with Crippen molar-refractivity contribution < 1.29 is 19.4 Å². The average molecular weight is 278 g/mol. The van der Waals surface area contributed by atoms with Crippen LogP contribution in [0.1, 0.15) is 43.2 Å². The summed E-state index contributed by atoms with van der Waals surface area (Å²) in [6, 6.07) is 3.72. The highest BCUT2D eigenvalue weighted by Crippen LogP contribution is 2.43. The number of rotatable bonds is 4. The lowest BCUT2D eigenvalue weighted by Gasteiger charge is -2.34. The van der Waals surface area contributed by atoms with Gasteiger partial charge in [0.25, 0.3) is 0 Å². The van der Waals surface area contributed by atoms with Gasteiger partial charge in [0.15, 0.2) is 0 Å². The number of carbonyl (C=O) groups is 1. The molecule has 0 aromatic heterocycles. The van der Waals surface area contributed by atoms with E-state index in [9.17, 15) is 9.90 Å². The van der Waals surface area contributed by atoms with E-state index >= 15 is 0 Å². The number of benzene rings is 1. The number of hydrogen-bond donors (Lipinski definition) is 1. The second-order valence-electron chi connectivity index (χ2n) is 5.45. The Hall–Kier alpha value is -1.71. The fourth-order valence-electron chi connectivity index (χ4n) is 3.14. The van der Waals surface area contributed by atoms with Gasteiger partial charge in [-0.1, -0.05) is 19.3 Å². The van der Waals surface area contributed by atoms with Gasteiger partial charge < -0.3 is 14.6 Å². The number of carboxylic acids is 1. The third-order valence-corrected chi connectivity index (χ3v) is 4.42. The van der Waals surface area contributed by atoms with Crippen molar-refractivity contribution in [3.05, 3.63) is 23.3 Å². The molecule has 0 amide bonds. The van der Waals surface area contributed by atoms with Gasteiger partial charge in [-0.15, -0.1) is 0 Å². The molecule has 0 heterocycles. The molecule has 0 spiro atoms. The first kappa shape index (κ1) is 14.7. The van der Waals surface area contributed by atoms with Gasteiger partial charge in [-0.05, 0) is 37.5 Å². The highest BCUT2D eigenvalue weighted by atomic mass is 16.5. The molecular formula is C16H22O4. The van der Waals surface area contributed by atoms with Gasteiger partial charge in [0.05, 0.1) is 19.6 Å². The van der Waals surface area contributed by atoms with Crippen LogP contribution in [0.2, 0.25) is 0 Å². The van der Waals surface area contributed by atoms with E-state index in [-0.39, 0.29) is 0 Å². The van der Waals surface area contributed by atoms with E-state index in [1.165, 1.54) is 0 Å². The molecule has 0 bridgehead atoms. The number of carboxylic acid groups (broad SMARTS) is 1. The Bertz CT molecular complexity index is 476. The molecule has 0 saturated heterocycles. The van der Waals surface area contributed by atoms with Gasteiger partial charge in [0.2, 0.25) is 0 Å². The minimum atomic E-state index is -0.799. The largest absolute Gasteiger partial charge is 0.496 e. The molecule has 1 aromatic carbocycles. The molecule has 0 atom stereocenters. The average Bonchev–Trinajstić information content (AvgIpc) is 2.48. The van der Waals surface area contributed by atoms with E-state index in [0.717, 1.165) is 30.4 Å². The fourth-order valence-corrected chi connectivity index (χ4v) is 3.14. The molecule has 1 aliphatic carbocycles. The molecule has 1 aromatic rings. The summed E-state index contributed by atoms with van der Waals surface area (Å²) in [5.74, 6) is 0.626. The zero-order valence-electron chi connectivity index (χ0n) is 12.4. The minimum Gasteiger partial charge on any atom is -0.496 e. The van der Waals surface area contributed by atoms with Crippen LogP contribution in [-0.4, -0.2) is 25.3 Å². The smallest absolute Gasteiger partial charge is 0.314 e. The fraction of sp³-hybridized carbons (Fsp3) is 0.562. The SMILES string of the molecule is COc1cc(C2(C(=O)O)CCCCC2)cc(OC)c1C. The Morgan fingerprint density at radius 3 is 2.00 bits per heavy atom. The lowest BCUT2D eigenvalue weighted by molar-refractivity contribution is -0.145. The van der Waals surface area contributed by atoms with Crippen LogP contribution in [0.4, 0.5) is 0 Å². The minimum absolute atomic E-state index is 0.678. The Balaban J connectivity index is 2.56. The van der Waals surface area contributed by atoms with E-state index in [0.29, 0.717) is 24.3 Å². The highest BCUT2D eigenvalue weighted by Gasteiger charge is 2.42. The maximum absolute atomic E-state index is 11.9. The Morgan fingerprint density at radius 2 is 1.60 bits per heavy atom. The molecule has 0 unspecified atom stereocenters. The molecule has 2 rings (SSSR count). The molecule has 4 nitrogen and oxygen atoms in total. The normalized spacial score (nSPS) is 17.6. The van der Waals surface area contributed by atoms with Crippen LogP contribution in [0.5, 0.6) is 11.5 Å². The predicted molar refractivity (Wildman–Crippen MR) is 76.7 cm³/mol. The third kappa shape index (κ3) is 2.35. The quantitative estimate of drug-likeness (QED) is 0.918. The maximum Gasteiger partial charge on any atom is 0.314 e. The monoisotopic (exact) mass is 278 g/mol. The van der Waals surface area contributed by atoms with Crippen molar-refractivity contribution >= 4 is 5.97 Å². The summed E-state index contributed by atoms with van der Waals surface area (Å²) in [7, 11) is 3.19. The van der Waals surface area contributed by atoms with Crippen LogP contribution in [0.3, 0.4) is 0 Å². The molecule has 1 fully saturated rings. The van der Waals surface area contributed by atoms with E-state index < -0.39 is 11.4 Å². The lowest BCUT2D eigenvalue weighted by Crippen LogP contribution is -2.37. The topological polar surface area (TPSA) is 55.8 Å². The summed E-state index contributed by atoms with van der Waals surface area (Å²) < 4.78 is 10.7. The third-order valence-electron chi connectivity index (χ3n) is 4.42. The van der Waals surface area contributed by atoms with E-state index in [1.54, 1.807) is 14.2 Å². The number of hydrogen-bond acceptors (Lipinski definition) is 3. The van der Waals surface area contributed by atoms with Crippen LogP contribution in [0.15, 0.2) is 12.1 Å². The maximum atomic E-state index is 11.9. The first-order chi connectivity index (χ1) is 9.55. The Kier molecular flexibility index (Phi) is 4.21. The van der Waals surface area contributed by atoms with Crippen molar-refractivity contribution in [2.75, 3.05) is 14.2 Å². The van der Waals surface area contributed by atoms with Crippen molar-refractivity contribution in [1.82, 2.24) is 0 Å². The summed E-state index contributed by atoms with van der Waals surface area (Å²) in [6.45, 7) is 1.91. The van der Waals surface area contributed by atoms with Crippen molar-refractivity contribution in [3.63, 3.8) is 0 Å². The van der Waals surface area contributed by atoms with Crippen LogP contribution >= 0.6 is 0 Å². The van der Waals surface area contributed by atoms with Crippen molar-refractivity contribution in [3.8, 4) is 11.5 Å². The standard InChI is InChI=1S/C16H22O4/c1-11-13(19-2)9-12(10-14(11)20-3)16(15(17)18)7-5-4-6-8-16/h9-10H,4-8H2,1-3H3,(H,17,18). The Labute approximate surface area is 119 Å². The molecule has 1 saturated carbocycles. The summed E-state index contributed by atoms with van der Waals surface area (Å²) in [5, 5.41) is 9.76. The molecule has 1 N–H and O–H groups in total. The summed E-state index contributed by atoms with van der Waals surface area (Å²) in [6.07, 6.45) is 4.36. The summed E-state index contributed by atoms with van der Waals surface area (Å²) >= 11 is 0. The molecular weight excluding hydrogens is 256 g/mol. The van der Waals surface area contributed by atoms with Crippen molar-refractivity contribution in [2.24, 2.45) is 0 Å². The Morgan fingerprint density at radius 1 is 1.10 bits per heavy atom. The molecule has 0 aliphatic heterocycles. The number of ether oxygens (including phenoxy) is 2. The number of aliphatic carboxylic acids is 1. The second-order valence-corrected chi connectivity index (χ2v) is 5.45. The summed E-state index contributed by atoms with van der Waals surface area (Å²) in [5.41, 5.74) is 0.895. The van der Waals surface area contributed by atoms with Gasteiger partial charge in [-0.2, -0.15) is 0 Å². The van der Waals surface area contributed by atoms with E-state index in [1.807, 2.05) is 19.1 Å². The highest BCUT2D eigenvalue weighted by molar-refractivity contribution is 5.82. The van der Waals surface area contributed by atoms with Crippen LogP contribution in [-0.2, 0) is 10.2 Å². The molecule has 0 radical (unpaired) electrons.